The van der Waals surface area contributed by atoms with Crippen LogP contribution in [-0.4, -0.2) is 12.9 Å². The molecule has 0 aromatic heterocycles. The lowest BCUT2D eigenvalue weighted by Crippen LogP contribution is -2.02. The van der Waals surface area contributed by atoms with E-state index in [1.807, 2.05) is 12.1 Å². The van der Waals surface area contributed by atoms with Crippen LogP contribution in [0.4, 0.5) is 0 Å². The highest BCUT2D eigenvalue weighted by atomic mass is 16.5. The Hall–Kier alpha value is -1.31. The van der Waals surface area contributed by atoms with E-state index in [4.69, 9.17) is 4.74 Å². The van der Waals surface area contributed by atoms with Gasteiger partial charge in [-0.25, -0.2) is 0 Å². The Morgan fingerprint density at radius 2 is 2.06 bits per heavy atom. The molecular weight excluding hydrogens is 200 g/mol. The molecule has 0 heterocycles. The van der Waals surface area contributed by atoms with Gasteiger partial charge in [0.25, 0.3) is 0 Å². The van der Waals surface area contributed by atoms with Gasteiger partial charge in [-0.2, -0.15) is 0 Å². The topological polar surface area (TPSA) is 26.3 Å². The molecule has 0 radical (unpaired) electrons. The molecule has 0 aliphatic heterocycles. The van der Waals surface area contributed by atoms with Crippen LogP contribution < -0.4 is 4.74 Å². The Bertz CT molecular complexity index is 433. The molecule has 0 bridgehead atoms. The van der Waals surface area contributed by atoms with Gasteiger partial charge in [-0.05, 0) is 23.5 Å². The van der Waals surface area contributed by atoms with Crippen LogP contribution in [0.5, 0.6) is 5.75 Å². The number of Topliss-reactive ketones (excluding diaryl/α,β-unsaturated/α-hetero) is 1. The van der Waals surface area contributed by atoms with Crippen molar-refractivity contribution in [2.75, 3.05) is 7.11 Å². The van der Waals surface area contributed by atoms with Crippen LogP contribution in [-0.2, 0) is 0 Å². The largest absolute Gasteiger partial charge is 0.496 e. The minimum atomic E-state index is 0.269. The third-order valence-corrected chi connectivity index (χ3v) is 3.34. The summed E-state index contributed by atoms with van der Waals surface area (Å²) in [5, 5.41) is 0. The first-order valence-corrected chi connectivity index (χ1v) is 5.80. The van der Waals surface area contributed by atoms with E-state index in [0.717, 1.165) is 22.4 Å². The summed E-state index contributed by atoms with van der Waals surface area (Å²) in [7, 11) is 1.67. The number of ketones is 1. The van der Waals surface area contributed by atoms with E-state index in [1.54, 1.807) is 7.11 Å². The first kappa shape index (κ1) is 11.2. The molecule has 2 rings (SSSR count). The molecule has 0 amide bonds. The molecular formula is C14H18O2. The molecule has 86 valence electrons. The molecule has 2 nitrogen and oxygen atoms in total. The van der Waals surface area contributed by atoms with Gasteiger partial charge in [0.2, 0.25) is 0 Å². The maximum absolute atomic E-state index is 12.0. The smallest absolute Gasteiger partial charge is 0.164 e. The van der Waals surface area contributed by atoms with Gasteiger partial charge < -0.3 is 4.74 Å². The lowest BCUT2D eigenvalue weighted by Gasteiger charge is -2.15. The average molecular weight is 218 g/mol. The summed E-state index contributed by atoms with van der Waals surface area (Å²) in [5.41, 5.74) is 3.19. The minimum absolute atomic E-state index is 0.269. The minimum Gasteiger partial charge on any atom is -0.496 e. The monoisotopic (exact) mass is 218 g/mol. The van der Waals surface area contributed by atoms with Crippen molar-refractivity contribution < 1.29 is 9.53 Å². The molecule has 0 N–H and O–H groups in total. The van der Waals surface area contributed by atoms with Crippen molar-refractivity contribution in [1.29, 1.82) is 0 Å². The van der Waals surface area contributed by atoms with Crippen molar-refractivity contribution in [3.05, 3.63) is 28.8 Å². The highest BCUT2D eigenvalue weighted by molar-refractivity contribution is 6.03. The first-order valence-electron chi connectivity index (χ1n) is 5.80. The molecule has 0 fully saturated rings. The number of benzene rings is 1. The average Bonchev–Trinajstić information content (AvgIpc) is 2.54. The Morgan fingerprint density at radius 3 is 2.62 bits per heavy atom. The lowest BCUT2D eigenvalue weighted by molar-refractivity contribution is 0.0989. The molecule has 16 heavy (non-hydrogen) atoms. The van der Waals surface area contributed by atoms with Gasteiger partial charge in [-0.3, -0.25) is 4.79 Å². The maximum atomic E-state index is 12.0. The molecule has 1 aliphatic carbocycles. The fourth-order valence-corrected chi connectivity index (χ4v) is 2.56. The van der Waals surface area contributed by atoms with Crippen LogP contribution in [0.25, 0.3) is 0 Å². The number of carbonyl (C=O) groups excluding carboxylic acids is 1. The van der Waals surface area contributed by atoms with Crippen LogP contribution in [0.15, 0.2) is 12.1 Å². The van der Waals surface area contributed by atoms with Crippen molar-refractivity contribution in [3.8, 4) is 5.75 Å². The second kappa shape index (κ2) is 3.93. The Labute approximate surface area is 96.6 Å². The van der Waals surface area contributed by atoms with Crippen molar-refractivity contribution in [3.63, 3.8) is 0 Å². The summed E-state index contributed by atoms with van der Waals surface area (Å²) < 4.78 is 5.36. The first-order chi connectivity index (χ1) is 7.56. The SMILES string of the molecule is COc1ccc(C(C)C)c2c1C(C)CC2=O. The molecule has 1 unspecified atom stereocenters. The zero-order valence-corrected chi connectivity index (χ0v) is 10.3. The number of fused-ring (bicyclic) bond motifs is 1. The summed E-state index contributed by atoms with van der Waals surface area (Å²) in [5.74, 6) is 1.80. The van der Waals surface area contributed by atoms with Crippen molar-refractivity contribution in [2.45, 2.75) is 39.0 Å². The van der Waals surface area contributed by atoms with Gasteiger partial charge in [0.15, 0.2) is 5.78 Å². The molecule has 1 aromatic carbocycles. The quantitative estimate of drug-likeness (QED) is 0.759. The zero-order chi connectivity index (χ0) is 11.9. The van der Waals surface area contributed by atoms with Crippen LogP contribution >= 0.6 is 0 Å². The molecule has 2 heteroatoms. The summed E-state index contributed by atoms with van der Waals surface area (Å²) in [4.78, 5) is 12.0. The summed E-state index contributed by atoms with van der Waals surface area (Å²) >= 11 is 0. The van der Waals surface area contributed by atoms with Crippen molar-refractivity contribution in [1.82, 2.24) is 0 Å². The molecule has 1 aromatic rings. The van der Waals surface area contributed by atoms with E-state index in [9.17, 15) is 4.79 Å². The molecule has 0 saturated carbocycles. The number of carbonyl (C=O) groups is 1. The highest BCUT2D eigenvalue weighted by Gasteiger charge is 2.32. The number of hydrogen-bond donors (Lipinski definition) is 0. The van der Waals surface area contributed by atoms with E-state index in [1.165, 1.54) is 0 Å². The van der Waals surface area contributed by atoms with Crippen LogP contribution in [0, 0.1) is 0 Å². The van der Waals surface area contributed by atoms with Crippen molar-refractivity contribution in [2.24, 2.45) is 0 Å². The number of hydrogen-bond acceptors (Lipinski definition) is 2. The van der Waals surface area contributed by atoms with Crippen molar-refractivity contribution >= 4 is 5.78 Å². The Morgan fingerprint density at radius 1 is 1.38 bits per heavy atom. The predicted octanol–water partition coefficient (Wildman–Crippen LogP) is 3.51. The standard InChI is InChI=1S/C14H18O2/c1-8(2)10-5-6-12(16-4)13-9(3)7-11(15)14(10)13/h5-6,8-9H,7H2,1-4H3. The van der Waals surface area contributed by atoms with Gasteiger partial charge in [-0.1, -0.05) is 26.8 Å². The van der Waals surface area contributed by atoms with Gasteiger partial charge in [0.05, 0.1) is 7.11 Å². The van der Waals surface area contributed by atoms with E-state index < -0.39 is 0 Å². The van der Waals surface area contributed by atoms with E-state index in [0.29, 0.717) is 12.3 Å². The molecule has 1 aliphatic rings. The van der Waals surface area contributed by atoms with Gasteiger partial charge in [-0.15, -0.1) is 0 Å². The Kier molecular flexibility index (Phi) is 2.75. The second-order valence-corrected chi connectivity index (χ2v) is 4.83. The number of rotatable bonds is 2. The zero-order valence-electron chi connectivity index (χ0n) is 10.3. The third-order valence-electron chi connectivity index (χ3n) is 3.34. The van der Waals surface area contributed by atoms with Crippen LogP contribution in [0.1, 0.15) is 60.5 Å². The summed E-state index contributed by atoms with van der Waals surface area (Å²) in [6.45, 7) is 6.34. The van der Waals surface area contributed by atoms with Crippen LogP contribution in [0.3, 0.4) is 0 Å². The maximum Gasteiger partial charge on any atom is 0.164 e. The Balaban J connectivity index is 2.68. The molecule has 0 saturated heterocycles. The van der Waals surface area contributed by atoms with E-state index in [2.05, 4.69) is 20.8 Å². The number of ether oxygens (including phenoxy) is 1. The summed E-state index contributed by atoms with van der Waals surface area (Å²) in [6, 6.07) is 4.02. The van der Waals surface area contributed by atoms with Gasteiger partial charge in [0.1, 0.15) is 5.75 Å². The number of methoxy groups -OCH3 is 1. The predicted molar refractivity (Wildman–Crippen MR) is 64.4 cm³/mol. The van der Waals surface area contributed by atoms with E-state index >= 15 is 0 Å². The van der Waals surface area contributed by atoms with Gasteiger partial charge >= 0.3 is 0 Å². The normalized spacial score (nSPS) is 19.1. The third kappa shape index (κ3) is 1.53. The molecule has 1 atom stereocenters. The fourth-order valence-electron chi connectivity index (χ4n) is 2.56. The van der Waals surface area contributed by atoms with Crippen LogP contribution in [0.2, 0.25) is 0 Å². The van der Waals surface area contributed by atoms with E-state index in [-0.39, 0.29) is 11.7 Å². The lowest BCUT2D eigenvalue weighted by atomic mass is 9.92. The molecule has 0 spiro atoms. The van der Waals surface area contributed by atoms with Gasteiger partial charge in [0, 0.05) is 17.5 Å². The summed E-state index contributed by atoms with van der Waals surface area (Å²) in [6.07, 6.45) is 0.620. The highest BCUT2D eigenvalue weighted by Crippen LogP contribution is 2.42. The second-order valence-electron chi connectivity index (χ2n) is 4.83. The fraction of sp³-hybridized carbons (Fsp3) is 0.500.